The number of nitrogen functional groups attached to an aromatic ring is 1. The Hall–Kier alpha value is -1.29. The predicted molar refractivity (Wildman–Crippen MR) is 49.4 cm³/mol. The zero-order valence-corrected chi connectivity index (χ0v) is 7.25. The molecule has 0 saturated carbocycles. The van der Waals surface area contributed by atoms with Gasteiger partial charge < -0.3 is 15.5 Å². The van der Waals surface area contributed by atoms with E-state index in [9.17, 15) is 4.79 Å². The van der Waals surface area contributed by atoms with E-state index in [4.69, 9.17) is 10.5 Å². The third-order valence-electron chi connectivity index (χ3n) is 2.26. The Morgan fingerprint density at radius 2 is 2.46 bits per heavy atom. The van der Waals surface area contributed by atoms with E-state index >= 15 is 0 Å². The van der Waals surface area contributed by atoms with Crippen molar-refractivity contribution in [1.29, 1.82) is 0 Å². The number of aromatic nitrogens is 1. The Labute approximate surface area is 75.7 Å². The number of aromatic amines is 1. The highest BCUT2D eigenvalue weighted by molar-refractivity contribution is 5.38. The Balaban J connectivity index is 2.30. The second kappa shape index (κ2) is 3.22. The van der Waals surface area contributed by atoms with Gasteiger partial charge in [-0.15, -0.1) is 0 Å². The molecule has 0 aliphatic carbocycles. The van der Waals surface area contributed by atoms with Crippen molar-refractivity contribution >= 4 is 5.69 Å². The van der Waals surface area contributed by atoms with E-state index in [1.807, 2.05) is 0 Å². The van der Waals surface area contributed by atoms with Crippen molar-refractivity contribution in [3.63, 3.8) is 0 Å². The molecule has 1 fully saturated rings. The summed E-state index contributed by atoms with van der Waals surface area (Å²) >= 11 is 0. The molecule has 1 aliphatic rings. The topological polar surface area (TPSA) is 68.1 Å². The van der Waals surface area contributed by atoms with E-state index in [0.29, 0.717) is 0 Å². The van der Waals surface area contributed by atoms with Gasteiger partial charge in [-0.1, -0.05) is 0 Å². The lowest BCUT2D eigenvalue weighted by Gasteiger charge is -2.08. The van der Waals surface area contributed by atoms with Crippen molar-refractivity contribution in [1.82, 2.24) is 4.98 Å². The summed E-state index contributed by atoms with van der Waals surface area (Å²) in [4.78, 5) is 13.5. The van der Waals surface area contributed by atoms with Crippen molar-refractivity contribution in [2.75, 3.05) is 12.3 Å². The minimum Gasteiger partial charge on any atom is -0.394 e. The summed E-state index contributed by atoms with van der Waals surface area (Å²) in [6.07, 6.45) is 3.86. The smallest absolute Gasteiger partial charge is 0.271 e. The van der Waals surface area contributed by atoms with Gasteiger partial charge in [-0.3, -0.25) is 4.79 Å². The first-order valence-corrected chi connectivity index (χ1v) is 4.37. The van der Waals surface area contributed by atoms with Crippen molar-refractivity contribution in [3.05, 3.63) is 28.2 Å². The standard InChI is InChI=1S/C9H12N2O2/c10-7-4-6(5-11-9(7)12)8-2-1-3-13-8/h4-5,8H,1-3,10H2,(H,11,12). The minimum absolute atomic E-state index is 0.110. The minimum atomic E-state index is -0.234. The van der Waals surface area contributed by atoms with E-state index in [1.54, 1.807) is 12.3 Å². The summed E-state index contributed by atoms with van der Waals surface area (Å²) in [5, 5.41) is 0. The fourth-order valence-electron chi connectivity index (χ4n) is 1.55. The lowest BCUT2D eigenvalue weighted by molar-refractivity contribution is 0.111. The molecular weight excluding hydrogens is 168 g/mol. The van der Waals surface area contributed by atoms with Gasteiger partial charge in [0, 0.05) is 12.8 Å². The Bertz CT molecular complexity index is 353. The van der Waals surface area contributed by atoms with Crippen LogP contribution >= 0.6 is 0 Å². The molecule has 3 N–H and O–H groups in total. The maximum atomic E-state index is 11.0. The normalized spacial score (nSPS) is 22.0. The van der Waals surface area contributed by atoms with E-state index in [-0.39, 0.29) is 17.4 Å². The number of rotatable bonds is 1. The molecule has 0 amide bonds. The fraction of sp³-hybridized carbons (Fsp3) is 0.444. The number of nitrogens with two attached hydrogens (primary N) is 1. The molecular formula is C9H12N2O2. The highest BCUT2D eigenvalue weighted by Gasteiger charge is 2.18. The third-order valence-corrected chi connectivity index (χ3v) is 2.26. The van der Waals surface area contributed by atoms with Gasteiger partial charge in [0.25, 0.3) is 5.56 Å². The summed E-state index contributed by atoms with van der Waals surface area (Å²) in [5.41, 5.74) is 6.48. The Morgan fingerprint density at radius 1 is 1.62 bits per heavy atom. The summed E-state index contributed by atoms with van der Waals surface area (Å²) in [6.45, 7) is 0.795. The van der Waals surface area contributed by atoms with E-state index in [1.165, 1.54) is 0 Å². The van der Waals surface area contributed by atoms with Gasteiger partial charge in [0.2, 0.25) is 0 Å². The zero-order chi connectivity index (χ0) is 9.26. The van der Waals surface area contributed by atoms with Crippen LogP contribution < -0.4 is 11.3 Å². The van der Waals surface area contributed by atoms with Crippen LogP contribution in [0, 0.1) is 0 Å². The SMILES string of the molecule is Nc1cc(C2CCCO2)c[nH]c1=O. The van der Waals surface area contributed by atoms with Gasteiger partial charge in [-0.05, 0) is 24.5 Å². The molecule has 0 spiro atoms. The van der Waals surface area contributed by atoms with Crippen LogP contribution in [0.4, 0.5) is 5.69 Å². The lowest BCUT2D eigenvalue weighted by atomic mass is 10.1. The van der Waals surface area contributed by atoms with Gasteiger partial charge >= 0.3 is 0 Å². The number of hydrogen-bond donors (Lipinski definition) is 2. The highest BCUT2D eigenvalue weighted by atomic mass is 16.5. The Kier molecular flexibility index (Phi) is 2.06. The molecule has 1 aliphatic heterocycles. The molecule has 1 unspecified atom stereocenters. The molecule has 0 radical (unpaired) electrons. The van der Waals surface area contributed by atoms with Crippen LogP contribution in [0.15, 0.2) is 17.1 Å². The van der Waals surface area contributed by atoms with Crippen molar-refractivity contribution < 1.29 is 4.74 Å². The largest absolute Gasteiger partial charge is 0.394 e. The van der Waals surface area contributed by atoms with Crippen molar-refractivity contribution in [2.45, 2.75) is 18.9 Å². The van der Waals surface area contributed by atoms with E-state index in [0.717, 1.165) is 25.0 Å². The average molecular weight is 180 g/mol. The first-order chi connectivity index (χ1) is 6.27. The number of hydrogen-bond acceptors (Lipinski definition) is 3. The molecule has 0 aromatic carbocycles. The maximum absolute atomic E-state index is 11.0. The van der Waals surface area contributed by atoms with E-state index < -0.39 is 0 Å². The van der Waals surface area contributed by atoms with E-state index in [2.05, 4.69) is 4.98 Å². The molecule has 4 nitrogen and oxygen atoms in total. The number of pyridine rings is 1. The van der Waals surface area contributed by atoms with Gasteiger partial charge in [0.15, 0.2) is 0 Å². The van der Waals surface area contributed by atoms with Crippen LogP contribution in [0.25, 0.3) is 0 Å². The Morgan fingerprint density at radius 3 is 3.08 bits per heavy atom. The fourth-order valence-corrected chi connectivity index (χ4v) is 1.55. The van der Waals surface area contributed by atoms with Gasteiger partial charge in [-0.25, -0.2) is 0 Å². The second-order valence-corrected chi connectivity index (χ2v) is 3.22. The van der Waals surface area contributed by atoms with Crippen LogP contribution in [-0.4, -0.2) is 11.6 Å². The first-order valence-electron chi connectivity index (χ1n) is 4.37. The maximum Gasteiger partial charge on any atom is 0.271 e. The number of H-pyrrole nitrogens is 1. The summed E-state index contributed by atoms with van der Waals surface area (Å²) in [5.74, 6) is 0. The van der Waals surface area contributed by atoms with Crippen molar-refractivity contribution in [2.24, 2.45) is 0 Å². The third kappa shape index (κ3) is 1.58. The molecule has 1 aromatic heterocycles. The number of anilines is 1. The quantitative estimate of drug-likeness (QED) is 0.672. The average Bonchev–Trinajstić information content (AvgIpc) is 2.62. The summed E-state index contributed by atoms with van der Waals surface area (Å²) < 4.78 is 5.46. The van der Waals surface area contributed by atoms with Crippen LogP contribution in [0.3, 0.4) is 0 Å². The molecule has 2 rings (SSSR count). The van der Waals surface area contributed by atoms with Crippen LogP contribution in [-0.2, 0) is 4.74 Å². The molecule has 13 heavy (non-hydrogen) atoms. The molecule has 1 aromatic rings. The lowest BCUT2D eigenvalue weighted by Crippen LogP contribution is -2.12. The van der Waals surface area contributed by atoms with Crippen molar-refractivity contribution in [3.8, 4) is 0 Å². The van der Waals surface area contributed by atoms with Crippen LogP contribution in [0.5, 0.6) is 0 Å². The molecule has 70 valence electrons. The molecule has 1 saturated heterocycles. The summed E-state index contributed by atoms with van der Waals surface area (Å²) in [7, 11) is 0. The number of ether oxygens (including phenoxy) is 1. The molecule has 2 heterocycles. The molecule has 0 bridgehead atoms. The highest BCUT2D eigenvalue weighted by Crippen LogP contribution is 2.27. The van der Waals surface area contributed by atoms with Gasteiger partial charge in [0.1, 0.15) is 0 Å². The van der Waals surface area contributed by atoms with Crippen LogP contribution in [0.2, 0.25) is 0 Å². The summed E-state index contributed by atoms with van der Waals surface area (Å²) in [6, 6.07) is 1.69. The monoisotopic (exact) mass is 180 g/mol. The molecule has 1 atom stereocenters. The second-order valence-electron chi connectivity index (χ2n) is 3.22. The molecule has 4 heteroatoms. The zero-order valence-electron chi connectivity index (χ0n) is 7.25. The number of nitrogens with one attached hydrogen (secondary N) is 1. The van der Waals surface area contributed by atoms with Crippen LogP contribution in [0.1, 0.15) is 24.5 Å². The van der Waals surface area contributed by atoms with Gasteiger partial charge in [-0.2, -0.15) is 0 Å². The first kappa shape index (κ1) is 8.31. The predicted octanol–water partition coefficient (Wildman–Crippen LogP) is 0.809. The van der Waals surface area contributed by atoms with Gasteiger partial charge in [0.05, 0.1) is 11.8 Å².